The maximum absolute atomic E-state index is 13.1. The molecule has 2 fully saturated rings. The van der Waals surface area contributed by atoms with Crippen LogP contribution in [0.4, 0.5) is 0 Å². The van der Waals surface area contributed by atoms with Crippen LogP contribution in [0.25, 0.3) is 0 Å². The van der Waals surface area contributed by atoms with Gasteiger partial charge in [0.05, 0.1) is 17.1 Å². The summed E-state index contributed by atoms with van der Waals surface area (Å²) in [6, 6.07) is 5.12. The second-order valence-electron chi connectivity index (χ2n) is 7.23. The number of carbonyl (C=O) groups excluding carboxylic acids is 1. The van der Waals surface area contributed by atoms with Crippen molar-refractivity contribution in [1.82, 2.24) is 9.62 Å². The number of benzene rings is 1. The number of ether oxygens (including phenoxy) is 1. The number of halogens is 1. The number of hydrogen-bond donors (Lipinski definition) is 1. The van der Waals surface area contributed by atoms with Gasteiger partial charge in [0.15, 0.2) is 0 Å². The van der Waals surface area contributed by atoms with Crippen LogP contribution in [-0.2, 0) is 14.8 Å². The fourth-order valence-corrected chi connectivity index (χ4v) is 5.03. The maximum atomic E-state index is 13.1. The van der Waals surface area contributed by atoms with Crippen molar-refractivity contribution in [3.05, 3.63) is 29.3 Å². The van der Waals surface area contributed by atoms with E-state index in [1.807, 2.05) is 0 Å². The summed E-state index contributed by atoms with van der Waals surface area (Å²) in [6.07, 6.45) is 4.28. The number of nitrogens with zero attached hydrogens (tertiary/aromatic N) is 1. The molecular formula is C19H29ClN2O4S. The molecule has 1 saturated heterocycles. The van der Waals surface area contributed by atoms with E-state index in [1.165, 1.54) is 18.9 Å². The Morgan fingerprint density at radius 1 is 1.22 bits per heavy atom. The van der Waals surface area contributed by atoms with E-state index in [0.717, 1.165) is 25.3 Å². The second-order valence-corrected chi connectivity index (χ2v) is 9.14. The number of rotatable bonds is 7. The highest BCUT2D eigenvalue weighted by Crippen LogP contribution is 2.29. The topological polar surface area (TPSA) is 75.7 Å². The molecule has 0 atom stereocenters. The standard InChI is InChI=1S/C19H28N2O4S.ClH/c1-3-25-19(22)16-7-4-14(2)18(12-16)26(23,24)21-10-8-17(9-11-21)20-13-15-5-6-15;/h4,7,12,15,17,20H,3,5-6,8-11,13H2,1-2H3;1H. The first-order chi connectivity index (χ1) is 12.4. The van der Waals surface area contributed by atoms with E-state index in [9.17, 15) is 13.2 Å². The fraction of sp³-hybridized carbons (Fsp3) is 0.632. The Bertz CT molecular complexity index is 757. The van der Waals surface area contributed by atoms with Gasteiger partial charge >= 0.3 is 5.97 Å². The van der Waals surface area contributed by atoms with Gasteiger partial charge in [-0.2, -0.15) is 4.31 Å². The molecule has 8 heteroatoms. The summed E-state index contributed by atoms with van der Waals surface area (Å²) < 4.78 is 32.7. The van der Waals surface area contributed by atoms with Gasteiger partial charge in [-0.1, -0.05) is 6.07 Å². The van der Waals surface area contributed by atoms with Crippen molar-refractivity contribution in [1.29, 1.82) is 0 Å². The summed E-state index contributed by atoms with van der Waals surface area (Å²) in [7, 11) is -3.61. The first-order valence-electron chi connectivity index (χ1n) is 9.43. The van der Waals surface area contributed by atoms with Crippen molar-refractivity contribution < 1.29 is 17.9 Å². The van der Waals surface area contributed by atoms with Gasteiger partial charge in [0.1, 0.15) is 0 Å². The summed E-state index contributed by atoms with van der Waals surface area (Å²) in [5.41, 5.74) is 0.920. The van der Waals surface area contributed by atoms with E-state index in [-0.39, 0.29) is 29.5 Å². The van der Waals surface area contributed by atoms with E-state index >= 15 is 0 Å². The molecule has 2 aliphatic rings. The van der Waals surface area contributed by atoms with Crippen molar-refractivity contribution in [2.24, 2.45) is 5.92 Å². The molecular weight excluding hydrogens is 388 g/mol. The van der Waals surface area contributed by atoms with Crippen molar-refractivity contribution in [2.45, 2.75) is 50.5 Å². The summed E-state index contributed by atoms with van der Waals surface area (Å²) in [5.74, 6) is 0.331. The van der Waals surface area contributed by atoms with E-state index in [0.29, 0.717) is 24.7 Å². The van der Waals surface area contributed by atoms with Crippen LogP contribution < -0.4 is 5.32 Å². The lowest BCUT2D eigenvalue weighted by Crippen LogP contribution is -2.45. The van der Waals surface area contributed by atoms with Gasteiger partial charge in [0, 0.05) is 19.1 Å². The Labute approximate surface area is 168 Å². The van der Waals surface area contributed by atoms with Gasteiger partial charge in [-0.05, 0) is 69.7 Å². The second kappa shape index (κ2) is 9.37. The lowest BCUT2D eigenvalue weighted by Gasteiger charge is -2.32. The minimum Gasteiger partial charge on any atom is -0.462 e. The number of piperidine rings is 1. The molecule has 1 N–H and O–H groups in total. The summed E-state index contributed by atoms with van der Waals surface area (Å²) in [5, 5.41) is 3.56. The molecule has 0 bridgehead atoms. The molecule has 1 aliphatic heterocycles. The van der Waals surface area contributed by atoms with E-state index in [2.05, 4.69) is 5.32 Å². The average Bonchev–Trinajstić information content (AvgIpc) is 3.45. The molecule has 1 aliphatic carbocycles. The van der Waals surface area contributed by atoms with Gasteiger partial charge in [-0.15, -0.1) is 12.4 Å². The Morgan fingerprint density at radius 3 is 2.48 bits per heavy atom. The molecule has 0 spiro atoms. The number of carbonyl (C=O) groups is 1. The molecule has 152 valence electrons. The summed E-state index contributed by atoms with van der Waals surface area (Å²) in [6.45, 7) is 5.81. The van der Waals surface area contributed by atoms with Crippen molar-refractivity contribution in [3.63, 3.8) is 0 Å². The van der Waals surface area contributed by atoms with Crippen LogP contribution in [0, 0.1) is 12.8 Å². The largest absolute Gasteiger partial charge is 0.462 e. The molecule has 6 nitrogen and oxygen atoms in total. The number of esters is 1. The average molecular weight is 417 g/mol. The van der Waals surface area contributed by atoms with E-state index < -0.39 is 16.0 Å². The predicted octanol–water partition coefficient (Wildman–Crippen LogP) is 2.75. The van der Waals surface area contributed by atoms with Gasteiger partial charge in [-0.25, -0.2) is 13.2 Å². The van der Waals surface area contributed by atoms with Crippen LogP contribution >= 0.6 is 12.4 Å². The highest BCUT2D eigenvalue weighted by molar-refractivity contribution is 7.89. The molecule has 0 amide bonds. The lowest BCUT2D eigenvalue weighted by atomic mass is 10.1. The van der Waals surface area contributed by atoms with Gasteiger partial charge in [0.2, 0.25) is 10.0 Å². The van der Waals surface area contributed by atoms with Gasteiger partial charge in [-0.3, -0.25) is 0 Å². The zero-order valence-electron chi connectivity index (χ0n) is 15.9. The third-order valence-corrected chi connectivity index (χ3v) is 7.20. The summed E-state index contributed by atoms with van der Waals surface area (Å²) in [4.78, 5) is 12.1. The number of sulfonamides is 1. The smallest absolute Gasteiger partial charge is 0.338 e. The normalized spacial score (nSPS) is 18.7. The quantitative estimate of drug-likeness (QED) is 0.691. The van der Waals surface area contributed by atoms with Crippen LogP contribution in [0.2, 0.25) is 0 Å². The van der Waals surface area contributed by atoms with Crippen LogP contribution in [0.3, 0.4) is 0 Å². The SMILES string of the molecule is CCOC(=O)c1ccc(C)c(S(=O)(=O)N2CCC(NCC3CC3)CC2)c1.Cl. The van der Waals surface area contributed by atoms with E-state index in [4.69, 9.17) is 4.74 Å². The molecule has 0 radical (unpaired) electrons. The van der Waals surface area contributed by atoms with Gasteiger partial charge < -0.3 is 10.1 Å². The number of hydrogen-bond acceptors (Lipinski definition) is 5. The minimum absolute atomic E-state index is 0. The van der Waals surface area contributed by atoms with E-state index in [1.54, 1.807) is 30.3 Å². The van der Waals surface area contributed by atoms with Crippen LogP contribution in [0.1, 0.15) is 48.5 Å². The molecule has 3 rings (SSSR count). The van der Waals surface area contributed by atoms with Crippen LogP contribution in [-0.4, -0.2) is 51.0 Å². The Morgan fingerprint density at radius 2 is 1.89 bits per heavy atom. The van der Waals surface area contributed by atoms with Crippen LogP contribution in [0.15, 0.2) is 23.1 Å². The third-order valence-electron chi connectivity index (χ3n) is 5.16. The Kier molecular flexibility index (Phi) is 7.68. The molecule has 1 saturated carbocycles. The maximum Gasteiger partial charge on any atom is 0.338 e. The highest BCUT2D eigenvalue weighted by Gasteiger charge is 2.31. The highest BCUT2D eigenvalue weighted by atomic mass is 35.5. The monoisotopic (exact) mass is 416 g/mol. The molecule has 1 aromatic carbocycles. The fourth-order valence-electron chi connectivity index (χ4n) is 3.31. The lowest BCUT2D eigenvalue weighted by molar-refractivity contribution is 0.0526. The zero-order valence-corrected chi connectivity index (χ0v) is 17.6. The third kappa shape index (κ3) is 5.44. The van der Waals surface area contributed by atoms with Crippen molar-refractivity contribution in [2.75, 3.05) is 26.2 Å². The first kappa shape index (κ1) is 22.1. The molecule has 27 heavy (non-hydrogen) atoms. The molecule has 1 aromatic rings. The number of nitrogens with one attached hydrogen (secondary N) is 1. The zero-order chi connectivity index (χ0) is 18.7. The minimum atomic E-state index is -3.61. The summed E-state index contributed by atoms with van der Waals surface area (Å²) >= 11 is 0. The van der Waals surface area contributed by atoms with Gasteiger partial charge in [0.25, 0.3) is 0 Å². The molecule has 1 heterocycles. The number of aryl methyl sites for hydroxylation is 1. The molecule has 0 unspecified atom stereocenters. The predicted molar refractivity (Wildman–Crippen MR) is 107 cm³/mol. The van der Waals surface area contributed by atoms with Crippen molar-refractivity contribution >= 4 is 28.4 Å². The Hall–Kier alpha value is -1.15. The molecule has 0 aromatic heterocycles. The van der Waals surface area contributed by atoms with Crippen LogP contribution in [0.5, 0.6) is 0 Å². The van der Waals surface area contributed by atoms with Crippen molar-refractivity contribution in [3.8, 4) is 0 Å². The first-order valence-corrected chi connectivity index (χ1v) is 10.9. The Balaban J connectivity index is 0.00000261.